The summed E-state index contributed by atoms with van der Waals surface area (Å²) >= 11 is 0. The molecule has 0 radical (unpaired) electrons. The van der Waals surface area contributed by atoms with E-state index in [-0.39, 0.29) is 24.2 Å². The standard InChI is InChI=1S/C20H29N3O7/c1-20(2,3)29-19(27)23-9-13-6-12(7-14(13)10-23)4-5-21-18(26)28-11-15-8-16(17(24)25)22-30-15/h8,12-14H,4-7,9-11H2,1-3H3,(H,21,26)(H,24,25). The molecule has 1 aliphatic heterocycles. The summed E-state index contributed by atoms with van der Waals surface area (Å²) in [6, 6.07) is 1.22. The van der Waals surface area contributed by atoms with Gasteiger partial charge in [-0.05, 0) is 57.8 Å². The first-order valence-corrected chi connectivity index (χ1v) is 10.2. The monoisotopic (exact) mass is 423 g/mol. The van der Waals surface area contributed by atoms with Crippen LogP contribution in [0.5, 0.6) is 0 Å². The highest BCUT2D eigenvalue weighted by Crippen LogP contribution is 2.43. The van der Waals surface area contributed by atoms with E-state index in [2.05, 4.69) is 10.5 Å². The lowest BCUT2D eigenvalue weighted by Crippen LogP contribution is -2.36. The second kappa shape index (κ2) is 8.93. The Morgan fingerprint density at radius 3 is 2.50 bits per heavy atom. The van der Waals surface area contributed by atoms with Crippen molar-refractivity contribution in [2.24, 2.45) is 17.8 Å². The van der Waals surface area contributed by atoms with Crippen LogP contribution in [0.15, 0.2) is 10.6 Å². The minimum atomic E-state index is -1.20. The molecule has 10 heteroatoms. The third-order valence-corrected chi connectivity index (χ3v) is 5.45. The van der Waals surface area contributed by atoms with Gasteiger partial charge in [0.1, 0.15) is 5.60 Å². The van der Waals surface area contributed by atoms with Crippen molar-refractivity contribution in [2.75, 3.05) is 19.6 Å². The average molecular weight is 423 g/mol. The minimum Gasteiger partial charge on any atom is -0.476 e. The Balaban J connectivity index is 1.31. The van der Waals surface area contributed by atoms with Crippen LogP contribution in [0.4, 0.5) is 9.59 Å². The number of carbonyl (C=O) groups excluding carboxylic acids is 2. The van der Waals surface area contributed by atoms with Crippen LogP contribution in [0.2, 0.25) is 0 Å². The van der Waals surface area contributed by atoms with Crippen molar-refractivity contribution >= 4 is 18.2 Å². The summed E-state index contributed by atoms with van der Waals surface area (Å²) in [5, 5.41) is 14.8. The fraction of sp³-hybridized carbons (Fsp3) is 0.700. The van der Waals surface area contributed by atoms with Crippen LogP contribution in [0.1, 0.15) is 56.3 Å². The lowest BCUT2D eigenvalue weighted by Gasteiger charge is -2.25. The first kappa shape index (κ1) is 21.9. The molecule has 30 heavy (non-hydrogen) atoms. The molecular formula is C20H29N3O7. The van der Waals surface area contributed by atoms with Gasteiger partial charge in [0.2, 0.25) is 0 Å². The van der Waals surface area contributed by atoms with Gasteiger partial charge in [-0.15, -0.1) is 0 Å². The number of hydrogen-bond donors (Lipinski definition) is 2. The zero-order valence-corrected chi connectivity index (χ0v) is 17.6. The zero-order chi connectivity index (χ0) is 21.9. The molecule has 166 valence electrons. The van der Waals surface area contributed by atoms with Crippen LogP contribution in [-0.4, -0.2) is 58.6 Å². The van der Waals surface area contributed by atoms with Crippen LogP contribution in [-0.2, 0) is 16.1 Å². The molecule has 10 nitrogen and oxygen atoms in total. The van der Waals surface area contributed by atoms with Gasteiger partial charge < -0.3 is 29.3 Å². The highest BCUT2D eigenvalue weighted by molar-refractivity contribution is 5.85. The summed E-state index contributed by atoms with van der Waals surface area (Å²) in [7, 11) is 0. The molecule has 0 aromatic carbocycles. The van der Waals surface area contributed by atoms with Gasteiger partial charge in [0.25, 0.3) is 0 Å². The summed E-state index contributed by atoms with van der Waals surface area (Å²) in [4.78, 5) is 36.6. The van der Waals surface area contributed by atoms with Gasteiger partial charge in [-0.25, -0.2) is 14.4 Å². The third-order valence-electron chi connectivity index (χ3n) is 5.45. The topological polar surface area (TPSA) is 131 Å². The number of rotatable bonds is 6. The second-order valence-electron chi connectivity index (χ2n) is 9.02. The molecule has 2 fully saturated rings. The van der Waals surface area contributed by atoms with Crippen molar-refractivity contribution < 1.29 is 33.5 Å². The Morgan fingerprint density at radius 1 is 1.27 bits per heavy atom. The van der Waals surface area contributed by atoms with Crippen LogP contribution >= 0.6 is 0 Å². The van der Waals surface area contributed by atoms with Crippen molar-refractivity contribution in [3.8, 4) is 0 Å². The fourth-order valence-electron chi connectivity index (χ4n) is 4.18. The number of amides is 2. The summed E-state index contributed by atoms with van der Waals surface area (Å²) in [5.41, 5.74) is -0.713. The molecule has 0 bridgehead atoms. The Labute approximate surface area is 174 Å². The number of nitrogens with one attached hydrogen (secondary N) is 1. The Morgan fingerprint density at radius 2 is 1.93 bits per heavy atom. The van der Waals surface area contributed by atoms with Gasteiger partial charge in [0.05, 0.1) is 0 Å². The largest absolute Gasteiger partial charge is 0.476 e. The zero-order valence-electron chi connectivity index (χ0n) is 17.6. The molecule has 2 atom stereocenters. The number of likely N-dealkylation sites (tertiary alicyclic amines) is 1. The molecule has 2 aliphatic rings. The van der Waals surface area contributed by atoms with Gasteiger partial charge in [-0.1, -0.05) is 5.16 Å². The first-order valence-electron chi connectivity index (χ1n) is 10.2. The molecule has 3 rings (SSSR count). The normalized spacial score (nSPS) is 23.2. The third kappa shape index (κ3) is 5.87. The number of carboxylic acids is 1. The number of hydrogen-bond acceptors (Lipinski definition) is 7. The molecule has 1 aromatic rings. The Hall–Kier alpha value is -2.78. The lowest BCUT2D eigenvalue weighted by atomic mass is 10.0. The smallest absolute Gasteiger partial charge is 0.410 e. The average Bonchev–Trinajstić information content (AvgIpc) is 3.33. The van der Waals surface area contributed by atoms with Gasteiger partial charge in [-0.3, -0.25) is 0 Å². The summed E-state index contributed by atoms with van der Waals surface area (Å²) < 4.78 is 15.2. The molecular weight excluding hydrogens is 394 g/mol. The number of alkyl carbamates (subject to hydrolysis) is 1. The van der Waals surface area contributed by atoms with E-state index >= 15 is 0 Å². The van der Waals surface area contributed by atoms with E-state index < -0.39 is 17.7 Å². The number of fused-ring (bicyclic) bond motifs is 1. The van der Waals surface area contributed by atoms with Crippen LogP contribution < -0.4 is 5.32 Å². The fourth-order valence-corrected chi connectivity index (χ4v) is 4.18. The van der Waals surface area contributed by atoms with E-state index in [0.717, 1.165) is 32.4 Å². The molecule has 1 saturated heterocycles. The quantitative estimate of drug-likeness (QED) is 0.714. The maximum absolute atomic E-state index is 12.2. The number of aromatic carboxylic acids is 1. The van der Waals surface area contributed by atoms with E-state index in [9.17, 15) is 14.4 Å². The van der Waals surface area contributed by atoms with Crippen LogP contribution in [0.3, 0.4) is 0 Å². The van der Waals surface area contributed by atoms with Crippen LogP contribution in [0.25, 0.3) is 0 Å². The first-order chi connectivity index (χ1) is 14.1. The molecule has 1 saturated carbocycles. The van der Waals surface area contributed by atoms with E-state index in [0.29, 0.717) is 24.3 Å². The Kier molecular flexibility index (Phi) is 6.52. The van der Waals surface area contributed by atoms with Crippen molar-refractivity contribution in [3.63, 3.8) is 0 Å². The van der Waals surface area contributed by atoms with Crippen molar-refractivity contribution in [1.29, 1.82) is 0 Å². The SMILES string of the molecule is CC(C)(C)OC(=O)N1CC2CC(CCNC(=O)OCc3cc(C(=O)O)no3)CC2C1. The van der Waals surface area contributed by atoms with Crippen molar-refractivity contribution in [2.45, 2.75) is 52.2 Å². The van der Waals surface area contributed by atoms with E-state index in [1.165, 1.54) is 6.07 Å². The molecule has 2 amide bonds. The van der Waals surface area contributed by atoms with E-state index in [1.54, 1.807) is 0 Å². The molecule has 2 heterocycles. The molecule has 2 unspecified atom stereocenters. The maximum atomic E-state index is 12.2. The molecule has 0 spiro atoms. The number of carboxylic acid groups (broad SMARTS) is 1. The van der Waals surface area contributed by atoms with Gasteiger partial charge in [0, 0.05) is 25.7 Å². The second-order valence-corrected chi connectivity index (χ2v) is 9.02. The lowest BCUT2D eigenvalue weighted by molar-refractivity contribution is 0.0277. The molecule has 1 aromatic heterocycles. The molecule has 1 aliphatic carbocycles. The minimum absolute atomic E-state index is 0.167. The summed E-state index contributed by atoms with van der Waals surface area (Å²) in [6.07, 6.45) is 2.10. The van der Waals surface area contributed by atoms with Crippen molar-refractivity contribution in [1.82, 2.24) is 15.4 Å². The number of carbonyl (C=O) groups is 3. The summed E-state index contributed by atoms with van der Waals surface area (Å²) in [6.45, 7) is 7.40. The Bertz CT molecular complexity index is 772. The summed E-state index contributed by atoms with van der Waals surface area (Å²) in [5.74, 6) is 0.452. The van der Waals surface area contributed by atoms with Crippen LogP contribution in [0, 0.1) is 17.8 Å². The predicted molar refractivity (Wildman–Crippen MR) is 104 cm³/mol. The predicted octanol–water partition coefficient (Wildman–Crippen LogP) is 2.88. The maximum Gasteiger partial charge on any atom is 0.410 e. The van der Waals surface area contributed by atoms with Gasteiger partial charge >= 0.3 is 18.2 Å². The highest BCUT2D eigenvalue weighted by atomic mass is 16.6. The number of aromatic nitrogens is 1. The molecule has 2 N–H and O–H groups in total. The van der Waals surface area contributed by atoms with Gasteiger partial charge in [0.15, 0.2) is 18.1 Å². The number of nitrogens with zero attached hydrogens (tertiary/aromatic N) is 2. The van der Waals surface area contributed by atoms with E-state index in [1.807, 2.05) is 25.7 Å². The van der Waals surface area contributed by atoms with Gasteiger partial charge in [-0.2, -0.15) is 0 Å². The number of ether oxygens (including phenoxy) is 2. The van der Waals surface area contributed by atoms with E-state index in [4.69, 9.17) is 19.1 Å². The van der Waals surface area contributed by atoms with Crippen molar-refractivity contribution in [3.05, 3.63) is 17.5 Å². The highest BCUT2D eigenvalue weighted by Gasteiger charge is 2.43.